The van der Waals surface area contributed by atoms with Gasteiger partial charge in [0.25, 0.3) is 0 Å². The predicted octanol–water partition coefficient (Wildman–Crippen LogP) is 3.04. The molecule has 0 amide bonds. The first-order chi connectivity index (χ1) is 13.7. The lowest BCUT2D eigenvalue weighted by molar-refractivity contribution is 0.196. The van der Waals surface area contributed by atoms with E-state index in [1.165, 1.54) is 6.07 Å². The van der Waals surface area contributed by atoms with Crippen molar-refractivity contribution in [1.82, 2.24) is 20.5 Å². The number of hydrogen-bond acceptors (Lipinski definition) is 4. The zero-order chi connectivity index (χ0) is 19.8. The summed E-state index contributed by atoms with van der Waals surface area (Å²) in [4.78, 5) is 11.0. The van der Waals surface area contributed by atoms with Crippen LogP contribution < -0.4 is 10.6 Å². The van der Waals surface area contributed by atoms with Crippen LogP contribution in [0.15, 0.2) is 47.6 Å². The van der Waals surface area contributed by atoms with Gasteiger partial charge in [-0.1, -0.05) is 12.1 Å². The van der Waals surface area contributed by atoms with Crippen molar-refractivity contribution >= 4 is 29.9 Å². The van der Waals surface area contributed by atoms with E-state index < -0.39 is 0 Å². The van der Waals surface area contributed by atoms with Crippen LogP contribution in [0, 0.1) is 17.1 Å². The Morgan fingerprint density at radius 1 is 1.31 bits per heavy atom. The zero-order valence-corrected chi connectivity index (χ0v) is 18.8. The molecule has 1 aromatic heterocycles. The molecule has 0 atom stereocenters. The van der Waals surface area contributed by atoms with Gasteiger partial charge in [0.1, 0.15) is 5.82 Å². The Hall–Kier alpha value is -2.25. The first-order valence-electron chi connectivity index (χ1n) is 9.46. The van der Waals surface area contributed by atoms with E-state index >= 15 is 0 Å². The summed E-state index contributed by atoms with van der Waals surface area (Å²) in [5.74, 6) is 0.275. The van der Waals surface area contributed by atoms with E-state index in [-0.39, 0.29) is 29.8 Å². The third-order valence-corrected chi connectivity index (χ3v) is 4.89. The second-order valence-electron chi connectivity index (χ2n) is 6.86. The number of piperidine rings is 1. The van der Waals surface area contributed by atoms with Crippen molar-refractivity contribution in [2.24, 2.45) is 4.99 Å². The summed E-state index contributed by atoms with van der Waals surface area (Å²) >= 11 is 0. The molecule has 6 nitrogen and oxygen atoms in total. The monoisotopic (exact) mass is 508 g/mol. The van der Waals surface area contributed by atoms with Gasteiger partial charge in [-0.25, -0.2) is 4.39 Å². The molecule has 2 N–H and O–H groups in total. The minimum absolute atomic E-state index is 0. The average molecular weight is 508 g/mol. The van der Waals surface area contributed by atoms with Crippen molar-refractivity contribution in [3.8, 4) is 6.07 Å². The lowest BCUT2D eigenvalue weighted by atomic mass is 10.0. The van der Waals surface area contributed by atoms with Crippen molar-refractivity contribution in [3.05, 3.63) is 65.2 Å². The van der Waals surface area contributed by atoms with E-state index in [1.54, 1.807) is 19.2 Å². The Bertz CT molecular complexity index is 844. The summed E-state index contributed by atoms with van der Waals surface area (Å²) in [5.41, 5.74) is 1.92. The van der Waals surface area contributed by atoms with E-state index in [0.717, 1.165) is 38.2 Å². The molecule has 29 heavy (non-hydrogen) atoms. The fourth-order valence-corrected chi connectivity index (χ4v) is 3.28. The Kier molecular flexibility index (Phi) is 9.28. The molecule has 1 aromatic carbocycles. The molecule has 0 bridgehead atoms. The molecule has 1 fully saturated rings. The van der Waals surface area contributed by atoms with Crippen LogP contribution in [0.3, 0.4) is 0 Å². The molecule has 1 aliphatic rings. The number of aliphatic imine (C=N–C) groups is 1. The highest BCUT2D eigenvalue weighted by Gasteiger charge is 2.20. The number of nitriles is 1. The maximum absolute atomic E-state index is 14.0. The number of likely N-dealkylation sites (tertiary alicyclic amines) is 1. The highest BCUT2D eigenvalue weighted by Crippen LogP contribution is 2.13. The van der Waals surface area contributed by atoms with Crippen LogP contribution in [0.25, 0.3) is 0 Å². The molecule has 3 rings (SSSR count). The molecular weight excluding hydrogens is 482 g/mol. The minimum atomic E-state index is -0.384. The van der Waals surface area contributed by atoms with Crippen molar-refractivity contribution in [2.75, 3.05) is 20.1 Å². The van der Waals surface area contributed by atoms with Crippen LogP contribution in [0.2, 0.25) is 0 Å². The van der Waals surface area contributed by atoms with Gasteiger partial charge in [0.2, 0.25) is 0 Å². The van der Waals surface area contributed by atoms with Gasteiger partial charge in [0.05, 0.1) is 17.3 Å². The third kappa shape index (κ3) is 6.94. The molecule has 154 valence electrons. The van der Waals surface area contributed by atoms with Gasteiger partial charge >= 0.3 is 0 Å². The molecule has 0 spiro atoms. The molecule has 1 aliphatic heterocycles. The van der Waals surface area contributed by atoms with Crippen LogP contribution in [0.4, 0.5) is 4.39 Å². The van der Waals surface area contributed by atoms with Gasteiger partial charge in [-0.3, -0.25) is 14.9 Å². The number of rotatable bonds is 5. The SMILES string of the molecule is CN=C(NCc1ccc(C#N)cc1F)NC1CCN(Cc2ccccn2)CC1.I. The van der Waals surface area contributed by atoms with Crippen LogP contribution in [-0.4, -0.2) is 42.0 Å². The molecule has 0 saturated carbocycles. The fraction of sp³-hybridized carbons (Fsp3) is 0.381. The first kappa shape index (κ1) is 23.0. The molecule has 8 heteroatoms. The molecular formula is C21H26FIN6. The molecule has 0 aliphatic carbocycles. The van der Waals surface area contributed by atoms with E-state index in [0.29, 0.717) is 29.7 Å². The van der Waals surface area contributed by atoms with Gasteiger partial charge in [-0.05, 0) is 37.1 Å². The number of pyridine rings is 1. The smallest absolute Gasteiger partial charge is 0.191 e. The van der Waals surface area contributed by atoms with Crippen molar-refractivity contribution in [1.29, 1.82) is 5.26 Å². The number of hydrogen-bond donors (Lipinski definition) is 2. The Morgan fingerprint density at radius 3 is 2.72 bits per heavy atom. The first-order valence-corrected chi connectivity index (χ1v) is 9.46. The lowest BCUT2D eigenvalue weighted by Crippen LogP contribution is -2.48. The number of benzene rings is 1. The summed E-state index contributed by atoms with van der Waals surface area (Å²) in [6, 6.07) is 12.8. The highest BCUT2D eigenvalue weighted by molar-refractivity contribution is 14.0. The maximum Gasteiger partial charge on any atom is 0.191 e. The number of nitrogens with one attached hydrogen (secondary N) is 2. The normalized spacial score (nSPS) is 15.3. The van der Waals surface area contributed by atoms with Gasteiger partial charge in [0.15, 0.2) is 5.96 Å². The van der Waals surface area contributed by atoms with E-state index in [9.17, 15) is 4.39 Å². The van der Waals surface area contributed by atoms with Crippen LogP contribution in [-0.2, 0) is 13.1 Å². The van der Waals surface area contributed by atoms with E-state index in [2.05, 4.69) is 31.6 Å². The zero-order valence-electron chi connectivity index (χ0n) is 16.4. The number of nitrogens with zero attached hydrogens (tertiary/aromatic N) is 4. The second-order valence-corrected chi connectivity index (χ2v) is 6.86. The summed E-state index contributed by atoms with van der Waals surface area (Å²) in [5, 5.41) is 15.4. The largest absolute Gasteiger partial charge is 0.354 e. The van der Waals surface area contributed by atoms with E-state index in [1.807, 2.05) is 24.4 Å². The number of halogens is 2. The summed E-state index contributed by atoms with van der Waals surface area (Å²) in [6.07, 6.45) is 3.85. The molecule has 0 unspecified atom stereocenters. The summed E-state index contributed by atoms with van der Waals surface area (Å²) in [7, 11) is 1.71. The predicted molar refractivity (Wildman–Crippen MR) is 122 cm³/mol. The van der Waals surface area contributed by atoms with Crippen molar-refractivity contribution in [3.63, 3.8) is 0 Å². The highest BCUT2D eigenvalue weighted by atomic mass is 127. The molecule has 2 aromatic rings. The topological polar surface area (TPSA) is 76.3 Å². The number of aromatic nitrogens is 1. The van der Waals surface area contributed by atoms with Gasteiger partial charge < -0.3 is 10.6 Å². The maximum atomic E-state index is 14.0. The van der Waals surface area contributed by atoms with Gasteiger partial charge in [0, 0.05) is 51.0 Å². The third-order valence-electron chi connectivity index (χ3n) is 4.89. The Labute approximate surface area is 188 Å². The molecule has 0 radical (unpaired) electrons. The van der Waals surface area contributed by atoms with Crippen LogP contribution in [0.5, 0.6) is 0 Å². The fourth-order valence-electron chi connectivity index (χ4n) is 3.28. The average Bonchev–Trinajstić information content (AvgIpc) is 2.73. The van der Waals surface area contributed by atoms with Crippen LogP contribution in [0.1, 0.15) is 29.7 Å². The standard InChI is InChI=1S/C21H25FN6.HI/c1-24-21(26-14-17-6-5-16(13-23)12-20(17)22)27-18-7-10-28(11-8-18)15-19-4-2-3-9-25-19;/h2-6,9,12,18H,7-8,10-11,14-15H2,1H3,(H2,24,26,27);1H. The number of guanidine groups is 1. The minimum Gasteiger partial charge on any atom is -0.354 e. The summed E-state index contributed by atoms with van der Waals surface area (Å²) < 4.78 is 14.0. The van der Waals surface area contributed by atoms with E-state index in [4.69, 9.17) is 5.26 Å². The van der Waals surface area contributed by atoms with Gasteiger partial charge in [-0.2, -0.15) is 5.26 Å². The van der Waals surface area contributed by atoms with Gasteiger partial charge in [-0.15, -0.1) is 24.0 Å². The Morgan fingerprint density at radius 2 is 2.10 bits per heavy atom. The Balaban J connectivity index is 0.00000300. The van der Waals surface area contributed by atoms with Crippen molar-refractivity contribution in [2.45, 2.75) is 32.0 Å². The summed E-state index contributed by atoms with van der Waals surface area (Å²) in [6.45, 7) is 3.18. The van der Waals surface area contributed by atoms with Crippen LogP contribution >= 0.6 is 24.0 Å². The second kappa shape index (κ2) is 11.7. The lowest BCUT2D eigenvalue weighted by Gasteiger charge is -2.32. The molecule has 2 heterocycles. The van der Waals surface area contributed by atoms with Crippen molar-refractivity contribution < 1.29 is 4.39 Å². The quantitative estimate of drug-likeness (QED) is 0.369. The molecule has 1 saturated heterocycles.